The summed E-state index contributed by atoms with van der Waals surface area (Å²) < 4.78 is 7.01. The predicted molar refractivity (Wildman–Crippen MR) is 98.8 cm³/mol. The summed E-state index contributed by atoms with van der Waals surface area (Å²) in [5.74, 6) is 2.26. The van der Waals surface area contributed by atoms with Gasteiger partial charge in [-0.1, -0.05) is 42.1 Å². The van der Waals surface area contributed by atoms with Gasteiger partial charge in [0.1, 0.15) is 5.75 Å². The molecule has 0 radical (unpaired) electrons. The van der Waals surface area contributed by atoms with Gasteiger partial charge in [-0.3, -0.25) is 0 Å². The van der Waals surface area contributed by atoms with Gasteiger partial charge >= 0.3 is 0 Å². The number of thioether (sulfide) groups is 1. The quantitative estimate of drug-likeness (QED) is 0.508. The lowest BCUT2D eigenvalue weighted by molar-refractivity contribution is 0.415. The van der Waals surface area contributed by atoms with Gasteiger partial charge in [-0.05, 0) is 35.9 Å². The summed E-state index contributed by atoms with van der Waals surface area (Å²) >= 11 is 1.61. The van der Waals surface area contributed by atoms with Crippen LogP contribution >= 0.6 is 11.8 Å². The van der Waals surface area contributed by atoms with Crippen LogP contribution in [0, 0.1) is 0 Å². The number of hydrogen-bond acceptors (Lipinski definition) is 5. The molecule has 25 heavy (non-hydrogen) atoms. The molecule has 6 heteroatoms. The first-order valence-corrected chi connectivity index (χ1v) is 8.85. The van der Waals surface area contributed by atoms with Crippen LogP contribution in [-0.2, 0) is 5.75 Å². The van der Waals surface area contributed by atoms with Crippen molar-refractivity contribution in [3.8, 4) is 17.0 Å². The summed E-state index contributed by atoms with van der Waals surface area (Å²) in [7, 11) is 1.66. The Balaban J connectivity index is 1.64. The molecule has 0 aliphatic heterocycles. The van der Waals surface area contributed by atoms with E-state index >= 15 is 0 Å². The molecular weight excluding hydrogens is 332 g/mol. The Morgan fingerprint density at radius 1 is 1.00 bits per heavy atom. The highest BCUT2D eigenvalue weighted by Crippen LogP contribution is 2.24. The number of rotatable bonds is 5. The van der Waals surface area contributed by atoms with Gasteiger partial charge in [-0.2, -0.15) is 9.50 Å². The molecule has 0 unspecified atom stereocenters. The molecule has 2 aromatic heterocycles. The van der Waals surface area contributed by atoms with Crippen molar-refractivity contribution in [2.24, 2.45) is 0 Å². The van der Waals surface area contributed by atoms with Gasteiger partial charge in [0.25, 0.3) is 5.78 Å². The summed E-state index contributed by atoms with van der Waals surface area (Å²) in [5, 5.41) is 5.34. The maximum atomic E-state index is 5.22. The van der Waals surface area contributed by atoms with Crippen LogP contribution in [0.1, 0.15) is 5.56 Å². The third-order valence-electron chi connectivity index (χ3n) is 3.82. The third-order valence-corrected chi connectivity index (χ3v) is 4.73. The molecule has 5 nitrogen and oxygen atoms in total. The summed E-state index contributed by atoms with van der Waals surface area (Å²) in [6.45, 7) is 0. The van der Waals surface area contributed by atoms with Crippen molar-refractivity contribution in [3.63, 3.8) is 0 Å². The number of hydrogen-bond donors (Lipinski definition) is 0. The minimum Gasteiger partial charge on any atom is -0.497 e. The Labute approximate surface area is 149 Å². The fourth-order valence-electron chi connectivity index (χ4n) is 2.54. The van der Waals surface area contributed by atoms with Crippen molar-refractivity contribution < 1.29 is 4.74 Å². The van der Waals surface area contributed by atoms with E-state index in [0.29, 0.717) is 5.78 Å². The van der Waals surface area contributed by atoms with Crippen LogP contribution in [0.4, 0.5) is 0 Å². The molecule has 0 aliphatic rings. The van der Waals surface area contributed by atoms with Gasteiger partial charge in [0, 0.05) is 17.5 Å². The topological polar surface area (TPSA) is 52.3 Å². The normalized spacial score (nSPS) is 10.9. The number of benzene rings is 2. The zero-order valence-corrected chi connectivity index (χ0v) is 14.5. The van der Waals surface area contributed by atoms with Crippen LogP contribution in [0.5, 0.6) is 5.75 Å². The average molecular weight is 348 g/mol. The smallest absolute Gasteiger partial charge is 0.253 e. The fourth-order valence-corrected chi connectivity index (χ4v) is 3.31. The Kier molecular flexibility index (Phi) is 4.35. The van der Waals surface area contributed by atoms with Gasteiger partial charge in [0.2, 0.25) is 5.16 Å². The van der Waals surface area contributed by atoms with Gasteiger partial charge in [-0.25, -0.2) is 4.98 Å². The van der Waals surface area contributed by atoms with Crippen molar-refractivity contribution in [2.75, 3.05) is 7.11 Å². The molecule has 0 amide bonds. The number of ether oxygens (including phenoxy) is 1. The van der Waals surface area contributed by atoms with Gasteiger partial charge in [-0.15, -0.1) is 5.10 Å². The van der Waals surface area contributed by atoms with Gasteiger partial charge < -0.3 is 4.74 Å². The first-order chi connectivity index (χ1) is 12.3. The lowest BCUT2D eigenvalue weighted by Crippen LogP contribution is -1.96. The Hall–Kier alpha value is -2.86. The van der Waals surface area contributed by atoms with Gasteiger partial charge in [0.05, 0.1) is 12.8 Å². The molecule has 0 N–H and O–H groups in total. The molecule has 2 heterocycles. The average Bonchev–Trinajstić information content (AvgIpc) is 3.10. The van der Waals surface area contributed by atoms with Crippen molar-refractivity contribution in [2.45, 2.75) is 10.9 Å². The van der Waals surface area contributed by atoms with E-state index in [1.165, 1.54) is 5.56 Å². The molecule has 0 aliphatic carbocycles. The summed E-state index contributed by atoms with van der Waals surface area (Å²) in [4.78, 5) is 8.85. The van der Waals surface area contributed by atoms with Crippen LogP contribution in [0.2, 0.25) is 0 Å². The Morgan fingerprint density at radius 3 is 2.56 bits per heavy atom. The van der Waals surface area contributed by atoms with E-state index in [-0.39, 0.29) is 0 Å². The largest absolute Gasteiger partial charge is 0.497 e. The molecule has 0 atom stereocenters. The summed E-state index contributed by atoms with van der Waals surface area (Å²) in [6, 6.07) is 20.1. The number of methoxy groups -OCH3 is 1. The second-order valence-electron chi connectivity index (χ2n) is 5.44. The van der Waals surface area contributed by atoms with E-state index in [9.17, 15) is 0 Å². The second-order valence-corrected chi connectivity index (χ2v) is 6.38. The van der Waals surface area contributed by atoms with Crippen molar-refractivity contribution >= 4 is 17.5 Å². The molecule has 0 saturated carbocycles. The van der Waals surface area contributed by atoms with E-state index < -0.39 is 0 Å². The lowest BCUT2D eigenvalue weighted by atomic mass is 10.1. The minimum absolute atomic E-state index is 0.601. The number of aromatic nitrogens is 4. The van der Waals surface area contributed by atoms with E-state index in [1.54, 1.807) is 29.6 Å². The first kappa shape index (κ1) is 15.7. The van der Waals surface area contributed by atoms with Crippen LogP contribution in [0.25, 0.3) is 17.0 Å². The maximum absolute atomic E-state index is 5.22. The van der Waals surface area contributed by atoms with E-state index in [0.717, 1.165) is 27.9 Å². The van der Waals surface area contributed by atoms with Crippen LogP contribution in [0.15, 0.2) is 72.0 Å². The SMILES string of the molecule is COc1ccc(-c2ccnc3nc(SCc4ccccc4)nn23)cc1. The van der Waals surface area contributed by atoms with Crippen molar-refractivity contribution in [3.05, 3.63) is 72.4 Å². The van der Waals surface area contributed by atoms with E-state index in [1.807, 2.05) is 48.5 Å². The monoisotopic (exact) mass is 348 g/mol. The van der Waals surface area contributed by atoms with Crippen molar-refractivity contribution in [1.29, 1.82) is 0 Å². The van der Waals surface area contributed by atoms with Crippen LogP contribution < -0.4 is 4.74 Å². The summed E-state index contributed by atoms with van der Waals surface area (Å²) in [5.41, 5.74) is 3.24. The second kappa shape index (κ2) is 6.94. The third kappa shape index (κ3) is 3.34. The highest BCUT2D eigenvalue weighted by Gasteiger charge is 2.10. The molecule has 0 bridgehead atoms. The highest BCUT2D eigenvalue weighted by molar-refractivity contribution is 7.98. The Morgan fingerprint density at radius 2 is 1.80 bits per heavy atom. The summed E-state index contributed by atoms with van der Waals surface area (Å²) in [6.07, 6.45) is 1.76. The maximum Gasteiger partial charge on any atom is 0.253 e. The fraction of sp³-hybridized carbons (Fsp3) is 0.105. The number of fused-ring (bicyclic) bond motifs is 1. The zero-order chi connectivity index (χ0) is 17.1. The molecule has 0 saturated heterocycles. The van der Waals surface area contributed by atoms with Crippen LogP contribution in [-0.4, -0.2) is 26.7 Å². The van der Waals surface area contributed by atoms with Crippen LogP contribution in [0.3, 0.4) is 0 Å². The first-order valence-electron chi connectivity index (χ1n) is 7.86. The van der Waals surface area contributed by atoms with Gasteiger partial charge in [0.15, 0.2) is 0 Å². The molecule has 124 valence electrons. The zero-order valence-electron chi connectivity index (χ0n) is 13.7. The highest BCUT2D eigenvalue weighted by atomic mass is 32.2. The minimum atomic E-state index is 0.601. The van der Waals surface area contributed by atoms with E-state index in [4.69, 9.17) is 4.74 Å². The Bertz CT molecular complexity index is 983. The standard InChI is InChI=1S/C19H16N4OS/c1-24-16-9-7-15(8-10-16)17-11-12-20-18-21-19(22-23(17)18)25-13-14-5-3-2-4-6-14/h2-12H,13H2,1H3. The lowest BCUT2D eigenvalue weighted by Gasteiger charge is -2.05. The molecule has 4 aromatic rings. The molecule has 0 fully saturated rings. The van der Waals surface area contributed by atoms with Crippen molar-refractivity contribution in [1.82, 2.24) is 19.6 Å². The predicted octanol–water partition coefficient (Wildman–Crippen LogP) is 4.09. The molecule has 4 rings (SSSR count). The number of nitrogens with zero attached hydrogens (tertiary/aromatic N) is 4. The molecular formula is C19H16N4OS. The molecule has 2 aromatic carbocycles. The molecule has 0 spiro atoms. The van der Waals surface area contributed by atoms with E-state index in [2.05, 4.69) is 27.2 Å².